The van der Waals surface area contributed by atoms with Crippen molar-refractivity contribution in [2.24, 2.45) is 10.2 Å². The highest BCUT2D eigenvalue weighted by Crippen LogP contribution is 2.08. The van der Waals surface area contributed by atoms with Crippen LogP contribution in [0.1, 0.15) is 42.0 Å². The highest BCUT2D eigenvalue weighted by atomic mass is 19.1. The van der Waals surface area contributed by atoms with E-state index >= 15 is 0 Å². The maximum absolute atomic E-state index is 13.4. The molecule has 0 fully saturated rings. The molecular formula is C19H18FN3. The van der Waals surface area contributed by atoms with Crippen molar-refractivity contribution in [3.63, 3.8) is 0 Å². The van der Waals surface area contributed by atoms with Gasteiger partial charge in [0.1, 0.15) is 11.9 Å². The van der Waals surface area contributed by atoms with E-state index in [0.717, 1.165) is 12.0 Å². The van der Waals surface area contributed by atoms with Crippen molar-refractivity contribution in [3.8, 4) is 6.07 Å². The van der Waals surface area contributed by atoms with Crippen LogP contribution in [0, 0.1) is 17.1 Å². The van der Waals surface area contributed by atoms with Crippen LogP contribution in [0.5, 0.6) is 0 Å². The number of rotatable bonds is 6. The van der Waals surface area contributed by atoms with E-state index in [9.17, 15) is 4.39 Å². The maximum atomic E-state index is 13.4. The molecule has 0 saturated carbocycles. The van der Waals surface area contributed by atoms with Gasteiger partial charge in [0.25, 0.3) is 0 Å². The number of hydrogen-bond donors (Lipinski definition) is 0. The molecule has 4 heteroatoms. The van der Waals surface area contributed by atoms with E-state index in [1.165, 1.54) is 36.8 Å². The molecule has 0 radical (unpaired) electrons. The smallest absolute Gasteiger partial charge is 0.141 e. The average Bonchev–Trinajstić information content (AvgIpc) is 2.58. The summed E-state index contributed by atoms with van der Waals surface area (Å²) < 4.78 is 13.4. The van der Waals surface area contributed by atoms with Crippen molar-refractivity contribution in [1.29, 1.82) is 5.26 Å². The second-order valence-electron chi connectivity index (χ2n) is 5.19. The van der Waals surface area contributed by atoms with Crippen LogP contribution >= 0.6 is 0 Å². The predicted molar refractivity (Wildman–Crippen MR) is 91.4 cm³/mol. The molecule has 116 valence electrons. The van der Waals surface area contributed by atoms with E-state index in [1.807, 2.05) is 12.1 Å². The van der Waals surface area contributed by atoms with Crippen LogP contribution in [0.2, 0.25) is 0 Å². The third-order valence-electron chi connectivity index (χ3n) is 3.39. The topological polar surface area (TPSA) is 48.5 Å². The number of unbranched alkanes of at least 4 members (excludes halogenated alkanes) is 1. The zero-order valence-electron chi connectivity index (χ0n) is 13.0. The second kappa shape index (κ2) is 8.60. The van der Waals surface area contributed by atoms with Crippen molar-refractivity contribution < 1.29 is 4.39 Å². The van der Waals surface area contributed by atoms with Gasteiger partial charge in [0.2, 0.25) is 0 Å². The predicted octanol–water partition coefficient (Wildman–Crippen LogP) is 4.49. The van der Waals surface area contributed by atoms with Crippen molar-refractivity contribution in [3.05, 3.63) is 70.5 Å². The van der Waals surface area contributed by atoms with Gasteiger partial charge in [-0.1, -0.05) is 43.7 Å². The van der Waals surface area contributed by atoms with Gasteiger partial charge in [0.05, 0.1) is 18.0 Å². The van der Waals surface area contributed by atoms with E-state index in [4.69, 9.17) is 5.26 Å². The Bertz CT molecular complexity index is 740. The lowest BCUT2D eigenvalue weighted by atomic mass is 10.1. The Balaban J connectivity index is 1.95. The van der Waals surface area contributed by atoms with Crippen molar-refractivity contribution >= 4 is 12.4 Å². The fourth-order valence-electron chi connectivity index (χ4n) is 2.05. The van der Waals surface area contributed by atoms with Crippen LogP contribution in [0.3, 0.4) is 0 Å². The molecule has 2 aromatic carbocycles. The zero-order valence-corrected chi connectivity index (χ0v) is 13.0. The van der Waals surface area contributed by atoms with Gasteiger partial charge in [-0.15, -0.1) is 0 Å². The molecule has 0 bridgehead atoms. The molecule has 0 N–H and O–H groups in total. The monoisotopic (exact) mass is 307 g/mol. The molecular weight excluding hydrogens is 289 g/mol. The number of nitrogens with zero attached hydrogens (tertiary/aromatic N) is 3. The van der Waals surface area contributed by atoms with Crippen LogP contribution in [0.4, 0.5) is 4.39 Å². The number of nitriles is 1. The summed E-state index contributed by atoms with van der Waals surface area (Å²) in [6, 6.07) is 14.3. The first-order chi connectivity index (χ1) is 11.2. The lowest BCUT2D eigenvalue weighted by Crippen LogP contribution is -1.88. The van der Waals surface area contributed by atoms with Crippen molar-refractivity contribution in [2.75, 3.05) is 0 Å². The summed E-state index contributed by atoms with van der Waals surface area (Å²) in [4.78, 5) is 0. The molecule has 2 aromatic rings. The zero-order chi connectivity index (χ0) is 16.5. The molecule has 0 aliphatic heterocycles. The Hall–Kier alpha value is -2.80. The Labute approximate surface area is 135 Å². The molecule has 0 aromatic heterocycles. The number of halogens is 1. The maximum Gasteiger partial charge on any atom is 0.141 e. The molecule has 0 saturated heterocycles. The number of benzene rings is 2. The standard InChI is InChI=1S/C19H18FN3/c1-2-3-4-15-5-7-16(8-6-15)13-22-23-14-17-9-10-18(12-21)19(20)11-17/h5-11,13-14H,2-4H2,1H3/b22-13+,23-14+. The Morgan fingerprint density at radius 1 is 1.04 bits per heavy atom. The molecule has 0 amide bonds. The summed E-state index contributed by atoms with van der Waals surface area (Å²) >= 11 is 0. The molecule has 3 nitrogen and oxygen atoms in total. The highest BCUT2D eigenvalue weighted by Gasteiger charge is 2.00. The van der Waals surface area contributed by atoms with Gasteiger partial charge in [-0.2, -0.15) is 15.5 Å². The van der Waals surface area contributed by atoms with E-state index in [0.29, 0.717) is 5.56 Å². The summed E-state index contributed by atoms with van der Waals surface area (Å²) in [5.41, 5.74) is 2.87. The fraction of sp³-hybridized carbons (Fsp3) is 0.211. The number of hydrogen-bond acceptors (Lipinski definition) is 3. The largest absolute Gasteiger partial charge is 0.206 e. The van der Waals surface area contributed by atoms with Gasteiger partial charge in [0, 0.05) is 0 Å². The van der Waals surface area contributed by atoms with Crippen molar-refractivity contribution in [2.45, 2.75) is 26.2 Å². The summed E-state index contributed by atoms with van der Waals surface area (Å²) in [7, 11) is 0. The van der Waals surface area contributed by atoms with Gasteiger partial charge in [0.15, 0.2) is 0 Å². The molecule has 0 unspecified atom stereocenters. The average molecular weight is 307 g/mol. The van der Waals surface area contributed by atoms with Gasteiger partial charge in [-0.25, -0.2) is 4.39 Å². The first-order valence-corrected chi connectivity index (χ1v) is 7.58. The van der Waals surface area contributed by atoms with E-state index < -0.39 is 5.82 Å². The third-order valence-corrected chi connectivity index (χ3v) is 3.39. The van der Waals surface area contributed by atoms with E-state index in [-0.39, 0.29) is 5.56 Å². The molecule has 0 spiro atoms. The third kappa shape index (κ3) is 5.15. The van der Waals surface area contributed by atoms with Crippen LogP contribution in [0.25, 0.3) is 0 Å². The minimum absolute atomic E-state index is 0.0221. The summed E-state index contributed by atoms with van der Waals surface area (Å²) in [6.45, 7) is 2.18. The Kier molecular flexibility index (Phi) is 6.19. The first kappa shape index (κ1) is 16.6. The van der Waals surface area contributed by atoms with E-state index in [2.05, 4.69) is 29.3 Å². The van der Waals surface area contributed by atoms with Crippen molar-refractivity contribution in [1.82, 2.24) is 0 Å². The molecule has 0 atom stereocenters. The number of aryl methyl sites for hydroxylation is 1. The molecule has 23 heavy (non-hydrogen) atoms. The SMILES string of the molecule is CCCCc1ccc(/C=N/N=C/c2ccc(C#N)c(F)c2)cc1. The first-order valence-electron chi connectivity index (χ1n) is 7.58. The van der Waals surface area contributed by atoms with Gasteiger partial charge < -0.3 is 0 Å². The summed E-state index contributed by atoms with van der Waals surface area (Å²) in [5.74, 6) is -0.553. The van der Waals surface area contributed by atoms with Crippen LogP contribution < -0.4 is 0 Å². The van der Waals surface area contributed by atoms with Gasteiger partial charge in [-0.3, -0.25) is 0 Å². The van der Waals surface area contributed by atoms with Gasteiger partial charge in [-0.05, 0) is 41.7 Å². The molecule has 0 heterocycles. The summed E-state index contributed by atoms with van der Waals surface area (Å²) in [5, 5.41) is 16.5. The summed E-state index contributed by atoms with van der Waals surface area (Å²) in [6.07, 6.45) is 6.58. The second-order valence-corrected chi connectivity index (χ2v) is 5.19. The molecule has 0 aliphatic carbocycles. The van der Waals surface area contributed by atoms with E-state index in [1.54, 1.807) is 18.4 Å². The Morgan fingerprint density at radius 3 is 2.30 bits per heavy atom. The highest BCUT2D eigenvalue weighted by molar-refractivity contribution is 5.82. The Morgan fingerprint density at radius 2 is 1.70 bits per heavy atom. The fourth-order valence-corrected chi connectivity index (χ4v) is 2.05. The van der Waals surface area contributed by atoms with Crippen LogP contribution in [0.15, 0.2) is 52.7 Å². The van der Waals surface area contributed by atoms with Crippen LogP contribution in [-0.4, -0.2) is 12.4 Å². The minimum atomic E-state index is -0.553. The lowest BCUT2D eigenvalue weighted by Gasteiger charge is -1.99. The quantitative estimate of drug-likeness (QED) is 0.573. The molecule has 0 aliphatic rings. The normalized spacial score (nSPS) is 11.2. The molecule has 2 rings (SSSR count). The van der Waals surface area contributed by atoms with Gasteiger partial charge >= 0.3 is 0 Å². The lowest BCUT2D eigenvalue weighted by molar-refractivity contribution is 0.623. The minimum Gasteiger partial charge on any atom is -0.206 e. The van der Waals surface area contributed by atoms with Crippen LogP contribution in [-0.2, 0) is 6.42 Å².